The lowest BCUT2D eigenvalue weighted by Gasteiger charge is -2.05. The normalized spacial score (nSPS) is 10.6. The van der Waals surface area contributed by atoms with Crippen molar-refractivity contribution in [1.82, 2.24) is 4.98 Å². The van der Waals surface area contributed by atoms with Crippen molar-refractivity contribution in [1.29, 1.82) is 0 Å². The quantitative estimate of drug-likeness (QED) is 0.936. The Hall–Kier alpha value is -1.82. The Balaban J connectivity index is 1.92. The summed E-state index contributed by atoms with van der Waals surface area (Å²) >= 11 is 1.57. The number of amides is 1. The van der Waals surface area contributed by atoms with Crippen molar-refractivity contribution in [2.24, 2.45) is 0 Å². The van der Waals surface area contributed by atoms with Crippen LogP contribution in [0, 0.1) is 25.5 Å². The second-order valence-electron chi connectivity index (χ2n) is 4.42. The van der Waals surface area contributed by atoms with Crippen molar-refractivity contribution >= 4 is 22.9 Å². The highest BCUT2D eigenvalue weighted by Crippen LogP contribution is 2.19. The average molecular weight is 296 g/mol. The van der Waals surface area contributed by atoms with E-state index in [1.807, 2.05) is 13.8 Å². The van der Waals surface area contributed by atoms with E-state index in [9.17, 15) is 13.6 Å². The van der Waals surface area contributed by atoms with E-state index in [2.05, 4.69) is 10.3 Å². The highest BCUT2D eigenvalue weighted by molar-refractivity contribution is 7.11. The molecule has 1 N–H and O–H groups in total. The summed E-state index contributed by atoms with van der Waals surface area (Å²) in [5, 5.41) is 3.52. The summed E-state index contributed by atoms with van der Waals surface area (Å²) in [5.41, 5.74) is 1.19. The smallest absolute Gasteiger partial charge is 0.224 e. The minimum absolute atomic E-state index is 0.235. The molecule has 0 radical (unpaired) electrons. The number of hydrogen-bond acceptors (Lipinski definition) is 3. The number of hydrogen-bond donors (Lipinski definition) is 1. The van der Waals surface area contributed by atoms with Gasteiger partial charge >= 0.3 is 0 Å². The molecule has 0 aliphatic rings. The molecule has 0 spiro atoms. The van der Waals surface area contributed by atoms with Gasteiger partial charge in [0.25, 0.3) is 0 Å². The number of rotatable bonds is 4. The predicted octanol–water partition coefficient (Wildman–Crippen LogP) is 3.61. The Morgan fingerprint density at radius 1 is 1.30 bits per heavy atom. The maximum Gasteiger partial charge on any atom is 0.224 e. The van der Waals surface area contributed by atoms with Gasteiger partial charge in [-0.3, -0.25) is 4.79 Å². The van der Waals surface area contributed by atoms with Gasteiger partial charge in [-0.1, -0.05) is 0 Å². The van der Waals surface area contributed by atoms with Gasteiger partial charge in [-0.15, -0.1) is 11.3 Å². The van der Waals surface area contributed by atoms with Crippen LogP contribution in [0.15, 0.2) is 18.2 Å². The van der Waals surface area contributed by atoms with Gasteiger partial charge in [-0.25, -0.2) is 13.8 Å². The first-order valence-electron chi connectivity index (χ1n) is 6.13. The summed E-state index contributed by atoms with van der Waals surface area (Å²) in [7, 11) is 0. The van der Waals surface area contributed by atoms with Crippen LogP contribution in [0.25, 0.3) is 0 Å². The maximum atomic E-state index is 13.0. The molecule has 6 heteroatoms. The summed E-state index contributed by atoms with van der Waals surface area (Å²) in [6.07, 6.45) is 0.869. The molecule has 0 saturated carbocycles. The van der Waals surface area contributed by atoms with Gasteiger partial charge in [0, 0.05) is 23.1 Å². The number of thiazole rings is 1. The fourth-order valence-corrected chi connectivity index (χ4v) is 2.77. The lowest BCUT2D eigenvalue weighted by Crippen LogP contribution is -2.12. The zero-order valence-corrected chi connectivity index (χ0v) is 12.0. The number of aryl methyl sites for hydroxylation is 3. The van der Waals surface area contributed by atoms with Crippen molar-refractivity contribution < 1.29 is 13.6 Å². The van der Waals surface area contributed by atoms with Crippen molar-refractivity contribution in [3.8, 4) is 0 Å². The van der Waals surface area contributed by atoms with Crippen molar-refractivity contribution in [2.75, 3.05) is 5.32 Å². The predicted molar refractivity (Wildman–Crippen MR) is 74.9 cm³/mol. The monoisotopic (exact) mass is 296 g/mol. The van der Waals surface area contributed by atoms with Gasteiger partial charge in [0.1, 0.15) is 0 Å². The molecule has 106 valence electrons. The number of nitrogens with zero attached hydrogens (tertiary/aromatic N) is 1. The molecule has 0 saturated heterocycles. The number of benzene rings is 1. The number of carbonyl (C=O) groups excluding carboxylic acids is 1. The first-order valence-corrected chi connectivity index (χ1v) is 6.95. The molecule has 0 aliphatic carbocycles. The third kappa shape index (κ3) is 3.60. The third-order valence-electron chi connectivity index (χ3n) is 2.78. The van der Waals surface area contributed by atoms with Gasteiger partial charge in [-0.2, -0.15) is 0 Å². The van der Waals surface area contributed by atoms with Crippen molar-refractivity contribution in [3.63, 3.8) is 0 Å². The Labute approximate surface area is 119 Å². The summed E-state index contributed by atoms with van der Waals surface area (Å²) in [4.78, 5) is 17.1. The van der Waals surface area contributed by atoms with Crippen LogP contribution < -0.4 is 5.32 Å². The van der Waals surface area contributed by atoms with E-state index in [1.54, 1.807) is 11.3 Å². The van der Waals surface area contributed by atoms with Crippen LogP contribution in [-0.2, 0) is 11.2 Å². The number of nitrogens with one attached hydrogen (secondary N) is 1. The van der Waals surface area contributed by atoms with E-state index < -0.39 is 11.6 Å². The highest BCUT2D eigenvalue weighted by atomic mass is 32.1. The Bertz CT molecular complexity index is 640. The molecule has 0 fully saturated rings. The second kappa shape index (κ2) is 6.09. The summed E-state index contributed by atoms with van der Waals surface area (Å²) in [5.74, 6) is -2.14. The first-order chi connectivity index (χ1) is 9.45. The molecule has 0 unspecified atom stereocenters. The van der Waals surface area contributed by atoms with Crippen molar-refractivity contribution in [2.45, 2.75) is 26.7 Å². The van der Waals surface area contributed by atoms with Gasteiger partial charge in [0.2, 0.25) is 5.91 Å². The van der Waals surface area contributed by atoms with Gasteiger partial charge in [0.05, 0.1) is 10.7 Å². The summed E-state index contributed by atoms with van der Waals surface area (Å²) < 4.78 is 25.8. The Morgan fingerprint density at radius 2 is 2.05 bits per heavy atom. The largest absolute Gasteiger partial charge is 0.326 e. The molecule has 1 amide bonds. The molecule has 2 aromatic rings. The molecular formula is C14H14F2N2OS. The second-order valence-corrected chi connectivity index (χ2v) is 5.71. The summed E-state index contributed by atoms with van der Waals surface area (Å²) in [6, 6.07) is 3.29. The SMILES string of the molecule is Cc1nc(C)c(CCC(=O)Nc2ccc(F)c(F)c2)s1. The number of anilines is 1. The number of halogens is 2. The zero-order chi connectivity index (χ0) is 14.7. The fourth-order valence-electron chi connectivity index (χ4n) is 1.83. The lowest BCUT2D eigenvalue weighted by molar-refractivity contribution is -0.116. The van der Waals surface area contributed by atoms with Crippen LogP contribution in [-0.4, -0.2) is 10.9 Å². The molecule has 0 atom stereocenters. The molecular weight excluding hydrogens is 282 g/mol. The van der Waals surface area contributed by atoms with Gasteiger partial charge in [0.15, 0.2) is 11.6 Å². The zero-order valence-electron chi connectivity index (χ0n) is 11.2. The molecule has 0 bridgehead atoms. The molecule has 2 rings (SSSR count). The van der Waals surface area contributed by atoms with Crippen LogP contribution >= 0.6 is 11.3 Å². The minimum Gasteiger partial charge on any atom is -0.326 e. The standard InChI is InChI=1S/C14H14F2N2OS/c1-8-13(20-9(2)17-8)5-6-14(19)18-10-3-4-11(15)12(16)7-10/h3-4,7H,5-6H2,1-2H3,(H,18,19). The Kier molecular flexibility index (Phi) is 4.44. The fraction of sp³-hybridized carbons (Fsp3) is 0.286. The van der Waals surface area contributed by atoms with Crippen LogP contribution in [0.4, 0.5) is 14.5 Å². The summed E-state index contributed by atoms with van der Waals surface area (Å²) in [6.45, 7) is 3.83. The van der Waals surface area contributed by atoms with Gasteiger partial charge in [-0.05, 0) is 32.4 Å². The van der Waals surface area contributed by atoms with E-state index in [4.69, 9.17) is 0 Å². The Morgan fingerprint density at radius 3 is 2.65 bits per heavy atom. The first kappa shape index (κ1) is 14.6. The highest BCUT2D eigenvalue weighted by Gasteiger charge is 2.09. The molecule has 1 aromatic heterocycles. The lowest BCUT2D eigenvalue weighted by atomic mass is 10.2. The molecule has 1 aromatic carbocycles. The van der Waals surface area contributed by atoms with Gasteiger partial charge < -0.3 is 5.32 Å². The van der Waals surface area contributed by atoms with E-state index in [0.717, 1.165) is 27.7 Å². The van der Waals surface area contributed by atoms with E-state index in [-0.39, 0.29) is 18.0 Å². The van der Waals surface area contributed by atoms with Crippen LogP contribution in [0.5, 0.6) is 0 Å². The molecule has 3 nitrogen and oxygen atoms in total. The van der Waals surface area contributed by atoms with E-state index in [1.165, 1.54) is 6.07 Å². The average Bonchev–Trinajstić information content (AvgIpc) is 2.70. The minimum atomic E-state index is -0.975. The van der Waals surface area contributed by atoms with E-state index >= 15 is 0 Å². The van der Waals surface area contributed by atoms with Crippen LogP contribution in [0.2, 0.25) is 0 Å². The molecule has 1 heterocycles. The van der Waals surface area contributed by atoms with E-state index in [0.29, 0.717) is 6.42 Å². The number of aromatic nitrogens is 1. The number of carbonyl (C=O) groups is 1. The van der Waals surface area contributed by atoms with Crippen molar-refractivity contribution in [3.05, 3.63) is 45.4 Å². The van der Waals surface area contributed by atoms with Crippen LogP contribution in [0.1, 0.15) is 22.0 Å². The third-order valence-corrected chi connectivity index (χ3v) is 3.91. The maximum absolute atomic E-state index is 13.0. The molecule has 0 aliphatic heterocycles. The van der Waals surface area contributed by atoms with Crippen LogP contribution in [0.3, 0.4) is 0 Å². The topological polar surface area (TPSA) is 42.0 Å². The molecule has 20 heavy (non-hydrogen) atoms.